The number of alkyl halides is 6. The molecule has 1 saturated carbocycles. The number of aromatic nitrogens is 3. The van der Waals surface area contributed by atoms with E-state index in [-0.39, 0.29) is 24.4 Å². The van der Waals surface area contributed by atoms with Crippen LogP contribution >= 0.6 is 0 Å². The van der Waals surface area contributed by atoms with E-state index in [0.29, 0.717) is 42.4 Å². The Bertz CT molecular complexity index is 1280. The molecule has 0 radical (unpaired) electrons. The third-order valence-corrected chi connectivity index (χ3v) is 6.43. The summed E-state index contributed by atoms with van der Waals surface area (Å²) < 4.78 is 90.8. The molecular weight excluding hydrogens is 533 g/mol. The predicted molar refractivity (Wildman–Crippen MR) is 124 cm³/mol. The number of nitrogens with zero attached hydrogens (tertiary/aromatic N) is 4. The molecule has 1 amide bonds. The van der Waals surface area contributed by atoms with Crippen molar-refractivity contribution in [3.8, 4) is 5.88 Å². The number of carbonyl (C=O) groups is 1. The standard InChI is InChI=1S/C20H20F3N3O2.C6H3F4N/c1-12-3-2-4-17(25-12)19(27)26-10-14-7-13(14)8-16(26)11-28-18-6-5-15(9-24-18)20(21,22)23;7-5-2-1-4(3-11-5)6(8,9)10/h2-6,9,13-14,16H,7-8,10-11H2,1H3;1-3H/t13-,14+,16+;/m1./s1. The highest BCUT2D eigenvalue weighted by Gasteiger charge is 2.47. The first-order valence-corrected chi connectivity index (χ1v) is 11.9. The van der Waals surface area contributed by atoms with Crippen LogP contribution in [0.2, 0.25) is 0 Å². The van der Waals surface area contributed by atoms with Crippen LogP contribution < -0.4 is 4.74 Å². The van der Waals surface area contributed by atoms with Crippen molar-refractivity contribution in [3.05, 3.63) is 83.3 Å². The van der Waals surface area contributed by atoms with Crippen LogP contribution in [0.15, 0.2) is 54.9 Å². The smallest absolute Gasteiger partial charge is 0.417 e. The van der Waals surface area contributed by atoms with Gasteiger partial charge in [-0.2, -0.15) is 30.7 Å². The van der Waals surface area contributed by atoms with Crippen LogP contribution in [0.4, 0.5) is 30.7 Å². The number of piperidine rings is 1. The van der Waals surface area contributed by atoms with Crippen molar-refractivity contribution in [1.29, 1.82) is 0 Å². The summed E-state index contributed by atoms with van der Waals surface area (Å²) in [6.07, 6.45) is -5.74. The van der Waals surface area contributed by atoms with Gasteiger partial charge in [0.05, 0.1) is 17.2 Å². The number of hydrogen-bond acceptors (Lipinski definition) is 5. The summed E-state index contributed by atoms with van der Waals surface area (Å²) in [5.74, 6) is 0.172. The first-order valence-electron chi connectivity index (χ1n) is 11.9. The Morgan fingerprint density at radius 3 is 2.15 bits per heavy atom. The van der Waals surface area contributed by atoms with E-state index in [1.807, 2.05) is 13.0 Å². The monoisotopic (exact) mass is 556 g/mol. The van der Waals surface area contributed by atoms with Crippen LogP contribution in [-0.2, 0) is 12.4 Å². The predicted octanol–water partition coefficient (Wildman–Crippen LogP) is 5.97. The van der Waals surface area contributed by atoms with Gasteiger partial charge in [-0.3, -0.25) is 4.79 Å². The van der Waals surface area contributed by atoms with Gasteiger partial charge in [-0.1, -0.05) is 6.07 Å². The van der Waals surface area contributed by atoms with E-state index in [2.05, 4.69) is 15.0 Å². The molecule has 0 unspecified atom stereocenters. The number of likely N-dealkylation sites (tertiary alicyclic amines) is 1. The van der Waals surface area contributed by atoms with Gasteiger partial charge in [0.25, 0.3) is 5.91 Å². The zero-order valence-corrected chi connectivity index (χ0v) is 20.5. The lowest BCUT2D eigenvalue weighted by atomic mass is 10.0. The molecule has 0 aromatic carbocycles. The molecular formula is C26H23F7N4O2. The zero-order valence-electron chi connectivity index (χ0n) is 20.5. The molecule has 3 aromatic heterocycles. The Hall–Kier alpha value is -3.77. The molecule has 1 saturated heterocycles. The number of rotatable bonds is 4. The Balaban J connectivity index is 0.000000270. The van der Waals surface area contributed by atoms with Crippen LogP contribution in [0.3, 0.4) is 0 Å². The second-order valence-electron chi connectivity index (χ2n) is 9.33. The number of fused-ring (bicyclic) bond motifs is 1. The lowest BCUT2D eigenvalue weighted by Crippen LogP contribution is -2.48. The maximum atomic E-state index is 13.0. The van der Waals surface area contributed by atoms with Crippen molar-refractivity contribution in [1.82, 2.24) is 19.9 Å². The third-order valence-electron chi connectivity index (χ3n) is 6.43. The summed E-state index contributed by atoms with van der Waals surface area (Å²) in [6, 6.07) is 8.65. The fourth-order valence-corrected chi connectivity index (χ4v) is 4.28. The molecule has 0 N–H and O–H groups in total. The Morgan fingerprint density at radius 1 is 0.923 bits per heavy atom. The average molecular weight is 556 g/mol. The minimum atomic E-state index is -4.44. The van der Waals surface area contributed by atoms with Gasteiger partial charge < -0.3 is 9.64 Å². The van der Waals surface area contributed by atoms with E-state index in [1.165, 1.54) is 6.07 Å². The number of ether oxygens (including phenoxy) is 1. The van der Waals surface area contributed by atoms with Crippen molar-refractivity contribution < 1.29 is 40.3 Å². The van der Waals surface area contributed by atoms with Crippen LogP contribution in [0.1, 0.15) is 40.2 Å². The molecule has 2 fully saturated rings. The second-order valence-corrected chi connectivity index (χ2v) is 9.33. The fourth-order valence-electron chi connectivity index (χ4n) is 4.28. The first kappa shape index (κ1) is 28.2. The third kappa shape index (κ3) is 7.42. The van der Waals surface area contributed by atoms with Crippen molar-refractivity contribution >= 4 is 5.91 Å². The van der Waals surface area contributed by atoms with E-state index in [0.717, 1.165) is 30.8 Å². The van der Waals surface area contributed by atoms with Gasteiger partial charge in [0.15, 0.2) is 0 Å². The quantitative estimate of drug-likeness (QED) is 0.293. The summed E-state index contributed by atoms with van der Waals surface area (Å²) >= 11 is 0. The Morgan fingerprint density at radius 2 is 1.59 bits per heavy atom. The van der Waals surface area contributed by atoms with Gasteiger partial charge in [0.1, 0.15) is 12.3 Å². The zero-order chi connectivity index (χ0) is 28.4. The molecule has 4 heterocycles. The molecule has 6 nitrogen and oxygen atoms in total. The fraction of sp³-hybridized carbons (Fsp3) is 0.385. The number of carbonyl (C=O) groups excluding carboxylic acids is 1. The minimum Gasteiger partial charge on any atom is -0.475 e. The summed E-state index contributed by atoms with van der Waals surface area (Å²) in [5.41, 5.74) is -0.592. The van der Waals surface area contributed by atoms with E-state index in [9.17, 15) is 35.5 Å². The number of amides is 1. The summed E-state index contributed by atoms with van der Waals surface area (Å²) in [7, 11) is 0. The van der Waals surface area contributed by atoms with Gasteiger partial charge in [-0.25, -0.2) is 15.0 Å². The molecule has 13 heteroatoms. The highest BCUT2D eigenvalue weighted by Crippen LogP contribution is 2.47. The molecule has 3 aromatic rings. The maximum absolute atomic E-state index is 13.0. The summed E-state index contributed by atoms with van der Waals surface area (Å²) in [4.78, 5) is 25.7. The van der Waals surface area contributed by atoms with Gasteiger partial charge in [0.2, 0.25) is 11.8 Å². The van der Waals surface area contributed by atoms with Crippen LogP contribution in [0.5, 0.6) is 5.88 Å². The summed E-state index contributed by atoms with van der Waals surface area (Å²) in [6.45, 7) is 2.69. The van der Waals surface area contributed by atoms with Crippen molar-refractivity contribution in [2.45, 2.75) is 38.2 Å². The lowest BCUT2D eigenvalue weighted by Gasteiger charge is -2.35. The highest BCUT2D eigenvalue weighted by atomic mass is 19.4. The van der Waals surface area contributed by atoms with Crippen molar-refractivity contribution in [2.75, 3.05) is 13.2 Å². The number of halogens is 7. The molecule has 0 bridgehead atoms. The lowest BCUT2D eigenvalue weighted by molar-refractivity contribution is -0.138. The molecule has 5 rings (SSSR count). The van der Waals surface area contributed by atoms with E-state index in [1.54, 1.807) is 17.0 Å². The first-order chi connectivity index (χ1) is 18.3. The molecule has 2 aliphatic rings. The van der Waals surface area contributed by atoms with Crippen LogP contribution in [0, 0.1) is 24.7 Å². The van der Waals surface area contributed by atoms with E-state index in [4.69, 9.17) is 4.74 Å². The molecule has 1 aliphatic carbocycles. The van der Waals surface area contributed by atoms with Gasteiger partial charge in [-0.05, 0) is 61.9 Å². The molecule has 3 atom stereocenters. The maximum Gasteiger partial charge on any atom is 0.417 e. The Labute approximate surface area is 218 Å². The Kier molecular flexibility index (Phi) is 8.07. The largest absolute Gasteiger partial charge is 0.475 e. The minimum absolute atomic E-state index is 0.118. The molecule has 39 heavy (non-hydrogen) atoms. The molecule has 208 valence electrons. The van der Waals surface area contributed by atoms with E-state index >= 15 is 0 Å². The highest BCUT2D eigenvalue weighted by molar-refractivity contribution is 5.92. The second kappa shape index (κ2) is 11.1. The number of pyridine rings is 3. The normalized spacial score (nSPS) is 20.4. The summed E-state index contributed by atoms with van der Waals surface area (Å²) in [5, 5.41) is 0. The average Bonchev–Trinajstić information content (AvgIpc) is 3.65. The molecule has 0 spiro atoms. The topological polar surface area (TPSA) is 68.2 Å². The SMILES string of the molecule is Cc1cccc(C(=O)N2C[C@@H]3C[C@@H]3C[C@H]2COc2ccc(C(F)(F)F)cn2)n1.Fc1ccc(C(F)(F)F)cn1. The van der Waals surface area contributed by atoms with E-state index < -0.39 is 29.4 Å². The van der Waals surface area contributed by atoms with Gasteiger partial charge >= 0.3 is 12.4 Å². The van der Waals surface area contributed by atoms with Crippen molar-refractivity contribution in [2.24, 2.45) is 11.8 Å². The van der Waals surface area contributed by atoms with Gasteiger partial charge in [-0.15, -0.1) is 0 Å². The molecule has 1 aliphatic heterocycles. The van der Waals surface area contributed by atoms with Crippen molar-refractivity contribution in [3.63, 3.8) is 0 Å². The number of hydrogen-bond donors (Lipinski definition) is 0. The van der Waals surface area contributed by atoms with Crippen LogP contribution in [-0.4, -0.2) is 45.0 Å². The van der Waals surface area contributed by atoms with Gasteiger partial charge in [0, 0.05) is 30.7 Å². The number of aryl methyl sites for hydroxylation is 1. The van der Waals surface area contributed by atoms with Crippen LogP contribution in [0.25, 0.3) is 0 Å².